The number of ether oxygens (including phenoxy) is 2. The molecule has 0 spiro atoms. The van der Waals surface area contributed by atoms with Crippen molar-refractivity contribution >= 4 is 6.03 Å². The number of nitrogens with zero attached hydrogens (tertiary/aromatic N) is 2. The zero-order valence-corrected chi connectivity index (χ0v) is 18.4. The van der Waals surface area contributed by atoms with Gasteiger partial charge in [0.25, 0.3) is 0 Å². The predicted octanol–water partition coefficient (Wildman–Crippen LogP) is 4.04. The lowest BCUT2D eigenvalue weighted by molar-refractivity contribution is 0.135. The fraction of sp³-hybridized carbons (Fsp3) is 0.480. The summed E-state index contributed by atoms with van der Waals surface area (Å²) < 4.78 is 11.6. The van der Waals surface area contributed by atoms with E-state index in [-0.39, 0.29) is 12.1 Å². The maximum absolute atomic E-state index is 12.7. The molecule has 0 radical (unpaired) electrons. The summed E-state index contributed by atoms with van der Waals surface area (Å²) in [4.78, 5) is 17.0. The SMILES string of the molecule is COc1ccc(CNC(=O)N2CCN(Cc3ccccc3)CC2)cc1OC1CCCC1. The summed E-state index contributed by atoms with van der Waals surface area (Å²) >= 11 is 0. The second kappa shape index (κ2) is 10.5. The third kappa shape index (κ3) is 5.91. The van der Waals surface area contributed by atoms with Crippen molar-refractivity contribution in [2.45, 2.75) is 44.9 Å². The molecule has 31 heavy (non-hydrogen) atoms. The average Bonchev–Trinajstić information content (AvgIpc) is 3.32. The summed E-state index contributed by atoms with van der Waals surface area (Å²) in [6, 6.07) is 16.4. The Balaban J connectivity index is 1.26. The number of hydrogen-bond donors (Lipinski definition) is 1. The molecule has 2 fully saturated rings. The smallest absolute Gasteiger partial charge is 0.317 e. The molecule has 1 aliphatic carbocycles. The number of hydrogen-bond acceptors (Lipinski definition) is 4. The summed E-state index contributed by atoms with van der Waals surface area (Å²) in [6.45, 7) is 4.70. The van der Waals surface area contributed by atoms with Gasteiger partial charge in [0.1, 0.15) is 0 Å². The monoisotopic (exact) mass is 423 g/mol. The maximum Gasteiger partial charge on any atom is 0.317 e. The van der Waals surface area contributed by atoms with Crippen molar-refractivity contribution in [3.8, 4) is 11.5 Å². The van der Waals surface area contributed by atoms with Gasteiger partial charge in [-0.2, -0.15) is 0 Å². The van der Waals surface area contributed by atoms with E-state index in [1.165, 1.54) is 18.4 Å². The number of amides is 2. The number of urea groups is 1. The Morgan fingerprint density at radius 2 is 1.71 bits per heavy atom. The number of benzene rings is 2. The molecule has 6 heteroatoms. The van der Waals surface area contributed by atoms with Gasteiger partial charge in [0.2, 0.25) is 0 Å². The van der Waals surface area contributed by atoms with Gasteiger partial charge in [0, 0.05) is 39.3 Å². The van der Waals surface area contributed by atoms with Gasteiger partial charge in [0.05, 0.1) is 13.2 Å². The summed E-state index contributed by atoms with van der Waals surface area (Å²) in [7, 11) is 1.66. The van der Waals surface area contributed by atoms with Crippen molar-refractivity contribution < 1.29 is 14.3 Å². The number of piperazine rings is 1. The summed E-state index contributed by atoms with van der Waals surface area (Å²) in [5.41, 5.74) is 2.33. The third-order valence-corrected chi connectivity index (χ3v) is 6.18. The molecule has 1 saturated heterocycles. The van der Waals surface area contributed by atoms with Crippen molar-refractivity contribution in [2.75, 3.05) is 33.3 Å². The van der Waals surface area contributed by atoms with Gasteiger partial charge in [-0.05, 0) is 48.9 Å². The summed E-state index contributed by atoms with van der Waals surface area (Å²) in [5.74, 6) is 1.52. The minimum atomic E-state index is -0.00607. The van der Waals surface area contributed by atoms with E-state index < -0.39 is 0 Å². The Kier molecular flexibility index (Phi) is 7.30. The van der Waals surface area contributed by atoms with Crippen LogP contribution >= 0.6 is 0 Å². The fourth-order valence-electron chi connectivity index (χ4n) is 4.35. The molecule has 4 rings (SSSR count). The quantitative estimate of drug-likeness (QED) is 0.730. The van der Waals surface area contributed by atoms with Crippen LogP contribution in [0.15, 0.2) is 48.5 Å². The van der Waals surface area contributed by atoms with Crippen molar-refractivity contribution in [2.24, 2.45) is 0 Å². The Bertz CT molecular complexity index is 844. The number of carbonyl (C=O) groups excluding carboxylic acids is 1. The highest BCUT2D eigenvalue weighted by Gasteiger charge is 2.22. The summed E-state index contributed by atoms with van der Waals surface area (Å²) in [6.07, 6.45) is 4.91. The van der Waals surface area contributed by atoms with E-state index in [9.17, 15) is 4.79 Å². The molecule has 166 valence electrons. The van der Waals surface area contributed by atoms with E-state index in [1.807, 2.05) is 29.2 Å². The van der Waals surface area contributed by atoms with E-state index >= 15 is 0 Å². The van der Waals surface area contributed by atoms with Crippen LogP contribution in [-0.4, -0.2) is 55.2 Å². The first-order valence-electron chi connectivity index (χ1n) is 11.3. The molecule has 2 aromatic rings. The van der Waals surface area contributed by atoms with Gasteiger partial charge < -0.3 is 19.7 Å². The molecule has 0 aromatic heterocycles. The number of methoxy groups -OCH3 is 1. The number of carbonyl (C=O) groups is 1. The highest BCUT2D eigenvalue weighted by Crippen LogP contribution is 2.32. The molecule has 0 atom stereocenters. The van der Waals surface area contributed by atoms with Crippen molar-refractivity contribution in [3.63, 3.8) is 0 Å². The molecule has 1 N–H and O–H groups in total. The first-order valence-corrected chi connectivity index (χ1v) is 11.3. The molecule has 6 nitrogen and oxygen atoms in total. The lowest BCUT2D eigenvalue weighted by Crippen LogP contribution is -2.51. The van der Waals surface area contributed by atoms with Gasteiger partial charge in [-0.15, -0.1) is 0 Å². The number of nitrogens with one attached hydrogen (secondary N) is 1. The van der Waals surface area contributed by atoms with Crippen molar-refractivity contribution in [3.05, 3.63) is 59.7 Å². The van der Waals surface area contributed by atoms with Crippen LogP contribution in [-0.2, 0) is 13.1 Å². The topological polar surface area (TPSA) is 54.0 Å². The second-order valence-corrected chi connectivity index (χ2v) is 8.42. The van der Waals surface area contributed by atoms with E-state index in [4.69, 9.17) is 9.47 Å². The first kappa shape index (κ1) is 21.5. The minimum Gasteiger partial charge on any atom is -0.493 e. The third-order valence-electron chi connectivity index (χ3n) is 6.18. The van der Waals surface area contributed by atoms with Crippen LogP contribution in [0.3, 0.4) is 0 Å². The highest BCUT2D eigenvalue weighted by molar-refractivity contribution is 5.74. The average molecular weight is 424 g/mol. The second-order valence-electron chi connectivity index (χ2n) is 8.42. The van der Waals surface area contributed by atoms with Crippen LogP contribution in [0.5, 0.6) is 11.5 Å². The van der Waals surface area contributed by atoms with Gasteiger partial charge in [-0.25, -0.2) is 4.79 Å². The Hall–Kier alpha value is -2.73. The zero-order chi connectivity index (χ0) is 21.5. The standard InChI is InChI=1S/C25H33N3O3/c1-30-23-12-11-21(17-24(23)31-22-9-5-6-10-22)18-26-25(29)28-15-13-27(14-16-28)19-20-7-3-2-4-8-20/h2-4,7-8,11-12,17,22H,5-6,9-10,13-16,18-19H2,1H3,(H,26,29). The first-order chi connectivity index (χ1) is 15.2. The van der Waals surface area contributed by atoms with Crippen molar-refractivity contribution in [1.82, 2.24) is 15.1 Å². The Morgan fingerprint density at radius 1 is 0.968 bits per heavy atom. The molecule has 1 heterocycles. The zero-order valence-electron chi connectivity index (χ0n) is 18.4. The summed E-state index contributed by atoms with van der Waals surface area (Å²) in [5, 5.41) is 3.06. The normalized spacial score (nSPS) is 17.5. The Morgan fingerprint density at radius 3 is 2.42 bits per heavy atom. The van der Waals surface area contributed by atoms with E-state index in [0.29, 0.717) is 6.54 Å². The molecule has 0 unspecified atom stereocenters. The number of rotatable bonds is 7. The highest BCUT2D eigenvalue weighted by atomic mass is 16.5. The van der Waals surface area contributed by atoms with Crippen LogP contribution in [0.25, 0.3) is 0 Å². The van der Waals surface area contributed by atoms with Gasteiger partial charge in [-0.3, -0.25) is 4.90 Å². The van der Waals surface area contributed by atoms with E-state index in [1.54, 1.807) is 7.11 Å². The van der Waals surface area contributed by atoms with Crippen LogP contribution < -0.4 is 14.8 Å². The molecule has 2 aliphatic rings. The molecule has 2 aromatic carbocycles. The fourth-order valence-corrected chi connectivity index (χ4v) is 4.35. The largest absolute Gasteiger partial charge is 0.493 e. The molecular weight excluding hydrogens is 390 g/mol. The lowest BCUT2D eigenvalue weighted by Gasteiger charge is -2.34. The molecule has 0 bridgehead atoms. The molecule has 2 amide bonds. The lowest BCUT2D eigenvalue weighted by atomic mass is 10.2. The predicted molar refractivity (Wildman–Crippen MR) is 121 cm³/mol. The Labute approximate surface area is 185 Å². The van der Waals surface area contributed by atoms with Gasteiger partial charge >= 0.3 is 6.03 Å². The minimum absolute atomic E-state index is 0.00607. The van der Waals surface area contributed by atoms with Crippen molar-refractivity contribution in [1.29, 1.82) is 0 Å². The van der Waals surface area contributed by atoms with Gasteiger partial charge in [-0.1, -0.05) is 36.4 Å². The molecule has 1 aliphatic heterocycles. The van der Waals surface area contributed by atoms with E-state index in [2.05, 4.69) is 34.5 Å². The van der Waals surface area contributed by atoms with Crippen LogP contribution in [0.2, 0.25) is 0 Å². The van der Waals surface area contributed by atoms with Gasteiger partial charge in [0.15, 0.2) is 11.5 Å². The maximum atomic E-state index is 12.7. The molecule has 1 saturated carbocycles. The van der Waals surface area contributed by atoms with Crippen LogP contribution in [0.4, 0.5) is 4.79 Å². The van der Waals surface area contributed by atoms with Crippen LogP contribution in [0.1, 0.15) is 36.8 Å². The van der Waals surface area contributed by atoms with Crippen LogP contribution in [0, 0.1) is 0 Å². The molecular formula is C25H33N3O3. The van der Waals surface area contributed by atoms with E-state index in [0.717, 1.165) is 62.6 Å².